The third-order valence-electron chi connectivity index (χ3n) is 10.2. The monoisotopic (exact) mass is 781 g/mol. The third-order valence-corrected chi connectivity index (χ3v) is 10.2. The van der Waals surface area contributed by atoms with Crippen LogP contribution in [0.5, 0.6) is 0 Å². The Labute approximate surface area is 325 Å². The normalized spacial score (nSPS) is 22.2. The number of carbonyl (C=O) groups excluding carboxylic acids is 5. The lowest BCUT2D eigenvalue weighted by Gasteiger charge is -2.34. The SMILES string of the molecule is CC(C)C[C@@H](CC(=O)N[C@H](CC(=O)N[C@@H]1CCNC[C@H]1C(=O)N[C@H](CC(=O)N[C@@H](CCC(=O)O)CC(=O)O)CC(C)C)C(C)C)NC(=O)[C@@H]1CNCC[C@H]1N. The van der Waals surface area contributed by atoms with Crippen molar-refractivity contribution in [2.24, 2.45) is 35.3 Å². The summed E-state index contributed by atoms with van der Waals surface area (Å²) in [5.74, 6) is -4.67. The lowest BCUT2D eigenvalue weighted by Crippen LogP contribution is -2.57. The Bertz CT molecular complexity index is 1300. The van der Waals surface area contributed by atoms with Crippen molar-refractivity contribution in [2.75, 3.05) is 26.2 Å². The molecule has 0 aromatic carbocycles. The van der Waals surface area contributed by atoms with Crippen LogP contribution in [-0.4, -0.2) is 114 Å². The lowest BCUT2D eigenvalue weighted by molar-refractivity contribution is -0.140. The molecule has 0 unspecified atom stereocenters. The van der Waals surface area contributed by atoms with Gasteiger partial charge in [-0.1, -0.05) is 41.5 Å². The number of rotatable bonds is 23. The second-order valence-corrected chi connectivity index (χ2v) is 16.5. The van der Waals surface area contributed by atoms with E-state index in [-0.39, 0.29) is 85.4 Å². The molecule has 0 saturated carbocycles. The minimum Gasteiger partial charge on any atom is -0.481 e. The molecule has 314 valence electrons. The first-order chi connectivity index (χ1) is 25.8. The van der Waals surface area contributed by atoms with Gasteiger partial charge in [-0.25, -0.2) is 0 Å². The van der Waals surface area contributed by atoms with Crippen molar-refractivity contribution in [3.8, 4) is 0 Å². The topological polar surface area (TPSA) is 270 Å². The summed E-state index contributed by atoms with van der Waals surface area (Å²) in [6, 6.07) is -3.11. The molecule has 55 heavy (non-hydrogen) atoms. The van der Waals surface area contributed by atoms with Crippen molar-refractivity contribution in [3.05, 3.63) is 0 Å². The molecule has 2 fully saturated rings. The van der Waals surface area contributed by atoms with Crippen molar-refractivity contribution in [3.63, 3.8) is 0 Å². The number of carbonyl (C=O) groups is 7. The van der Waals surface area contributed by atoms with Crippen LogP contribution in [0.15, 0.2) is 0 Å². The summed E-state index contributed by atoms with van der Waals surface area (Å²) in [6.45, 7) is 13.9. The number of amides is 5. The molecule has 0 aliphatic carbocycles. The first-order valence-corrected chi connectivity index (χ1v) is 19.9. The maximum atomic E-state index is 13.7. The predicted octanol–water partition coefficient (Wildman–Crippen LogP) is 0.215. The maximum Gasteiger partial charge on any atom is 0.305 e. The number of carboxylic acids is 2. The van der Waals surface area contributed by atoms with E-state index in [4.69, 9.17) is 10.8 Å². The molecule has 0 spiro atoms. The Kier molecular flexibility index (Phi) is 20.6. The number of hydrogen-bond donors (Lipinski definition) is 10. The van der Waals surface area contributed by atoms with Crippen LogP contribution in [0.3, 0.4) is 0 Å². The second kappa shape index (κ2) is 23.9. The predicted molar refractivity (Wildman–Crippen MR) is 206 cm³/mol. The fourth-order valence-electron chi connectivity index (χ4n) is 7.27. The number of carboxylic acid groups (broad SMARTS) is 2. The Morgan fingerprint density at radius 2 is 1.16 bits per heavy atom. The van der Waals surface area contributed by atoms with Crippen molar-refractivity contribution in [1.82, 2.24) is 37.2 Å². The summed E-state index contributed by atoms with van der Waals surface area (Å²) in [7, 11) is 0. The van der Waals surface area contributed by atoms with Gasteiger partial charge in [0.05, 0.1) is 18.3 Å². The van der Waals surface area contributed by atoms with E-state index in [0.717, 1.165) is 6.54 Å². The van der Waals surface area contributed by atoms with Crippen molar-refractivity contribution in [2.45, 2.75) is 142 Å². The van der Waals surface area contributed by atoms with Gasteiger partial charge in [0.15, 0.2) is 0 Å². The minimum atomic E-state index is -1.17. The molecule has 2 saturated heterocycles. The summed E-state index contributed by atoms with van der Waals surface area (Å²) in [4.78, 5) is 88.9. The molecule has 17 nitrogen and oxygen atoms in total. The first-order valence-electron chi connectivity index (χ1n) is 19.9. The molecule has 0 aromatic rings. The van der Waals surface area contributed by atoms with E-state index < -0.39 is 60.4 Å². The van der Waals surface area contributed by atoms with Crippen LogP contribution in [0, 0.1) is 29.6 Å². The summed E-state index contributed by atoms with van der Waals surface area (Å²) in [5.41, 5.74) is 6.21. The Hall–Kier alpha value is -3.83. The zero-order valence-electron chi connectivity index (χ0n) is 33.6. The van der Waals surface area contributed by atoms with Crippen LogP contribution in [0.25, 0.3) is 0 Å². The van der Waals surface area contributed by atoms with E-state index in [9.17, 15) is 38.7 Å². The van der Waals surface area contributed by atoms with Crippen molar-refractivity contribution < 1.29 is 43.8 Å². The first kappa shape index (κ1) is 47.3. The molecule has 0 aromatic heterocycles. The molecule has 8 atom stereocenters. The van der Waals surface area contributed by atoms with Crippen molar-refractivity contribution >= 4 is 41.5 Å². The Morgan fingerprint density at radius 1 is 0.636 bits per heavy atom. The largest absolute Gasteiger partial charge is 0.481 e. The summed E-state index contributed by atoms with van der Waals surface area (Å²) in [5, 5.41) is 39.3. The fraction of sp³-hybridized carbons (Fsp3) is 0.816. The Morgan fingerprint density at radius 3 is 1.67 bits per heavy atom. The molecule has 11 N–H and O–H groups in total. The Balaban J connectivity index is 2.03. The number of nitrogens with two attached hydrogens (primary N) is 1. The van der Waals surface area contributed by atoms with Gasteiger partial charge < -0.3 is 53.2 Å². The maximum absolute atomic E-state index is 13.7. The number of hydrogen-bond acceptors (Lipinski definition) is 10. The average Bonchev–Trinajstić information content (AvgIpc) is 3.06. The van der Waals surface area contributed by atoms with Gasteiger partial charge in [-0.3, -0.25) is 33.6 Å². The van der Waals surface area contributed by atoms with Crippen LogP contribution in [-0.2, 0) is 33.6 Å². The van der Waals surface area contributed by atoms with Crippen molar-refractivity contribution in [1.29, 1.82) is 0 Å². The smallest absolute Gasteiger partial charge is 0.305 e. The highest BCUT2D eigenvalue weighted by atomic mass is 16.4. The number of aliphatic carboxylic acids is 2. The molecule has 0 radical (unpaired) electrons. The minimum absolute atomic E-state index is 0.0129. The molecule has 17 heteroatoms. The number of piperidine rings is 2. The van der Waals surface area contributed by atoms with Gasteiger partial charge in [0.25, 0.3) is 0 Å². The van der Waals surface area contributed by atoms with Crippen LogP contribution in [0.2, 0.25) is 0 Å². The van der Waals surface area contributed by atoms with Gasteiger partial charge in [-0.15, -0.1) is 0 Å². The van der Waals surface area contributed by atoms with Gasteiger partial charge in [-0.05, 0) is 62.9 Å². The van der Waals surface area contributed by atoms with Gasteiger partial charge in [-0.2, -0.15) is 0 Å². The molecule has 2 aliphatic heterocycles. The quantitative estimate of drug-likeness (QED) is 0.0667. The lowest BCUT2D eigenvalue weighted by atomic mass is 9.90. The van der Waals surface area contributed by atoms with E-state index >= 15 is 0 Å². The highest BCUT2D eigenvalue weighted by Gasteiger charge is 2.35. The van der Waals surface area contributed by atoms with Crippen LogP contribution < -0.4 is 43.0 Å². The van der Waals surface area contributed by atoms with Crippen LogP contribution >= 0.6 is 0 Å². The molecule has 5 amide bonds. The summed E-state index contributed by atoms with van der Waals surface area (Å²) in [6.07, 6.45) is 1.37. The summed E-state index contributed by atoms with van der Waals surface area (Å²) >= 11 is 0. The third kappa shape index (κ3) is 18.6. The average molecular weight is 781 g/mol. The van der Waals surface area contributed by atoms with Crippen LogP contribution in [0.1, 0.15) is 106 Å². The zero-order valence-corrected chi connectivity index (χ0v) is 33.6. The van der Waals surface area contributed by atoms with Gasteiger partial charge in [0, 0.05) is 75.0 Å². The van der Waals surface area contributed by atoms with E-state index in [0.29, 0.717) is 45.3 Å². The second-order valence-electron chi connectivity index (χ2n) is 16.5. The van der Waals surface area contributed by atoms with E-state index in [1.807, 2.05) is 41.5 Å². The summed E-state index contributed by atoms with van der Waals surface area (Å²) < 4.78 is 0. The van der Waals surface area contributed by atoms with Crippen LogP contribution in [0.4, 0.5) is 0 Å². The standard InChI is InChI=1S/C38H68N8O9/c1-21(2)13-25(15-32(47)42-24(17-36(52)53)7-8-35(50)51)44-38(55)28-20-41-12-10-30(28)45-34(49)18-31(23(5)6)46-33(48)16-26(14-22(3)4)43-37(54)27-19-40-11-9-29(27)39/h21-31,40-41H,7-20,39H2,1-6H3,(H,42,47)(H,43,54)(H,44,55)(H,45,49)(H,46,48)(H,50,51)(H,52,53)/t24-,25-,26-,27+,28+,29+,30+,31+/m0/s1. The number of nitrogens with one attached hydrogen (secondary N) is 7. The molecular weight excluding hydrogens is 712 g/mol. The molecule has 2 heterocycles. The highest BCUT2D eigenvalue weighted by Crippen LogP contribution is 2.18. The van der Waals surface area contributed by atoms with Gasteiger partial charge in [0.2, 0.25) is 29.5 Å². The van der Waals surface area contributed by atoms with E-state index in [1.54, 1.807) is 0 Å². The molecule has 0 bridgehead atoms. The zero-order chi connectivity index (χ0) is 41.2. The van der Waals surface area contributed by atoms with Gasteiger partial charge >= 0.3 is 11.9 Å². The fourth-order valence-corrected chi connectivity index (χ4v) is 7.27. The van der Waals surface area contributed by atoms with Gasteiger partial charge in [0.1, 0.15) is 0 Å². The molecule has 2 aliphatic rings. The highest BCUT2D eigenvalue weighted by molar-refractivity contribution is 5.85. The van der Waals surface area contributed by atoms with E-state index in [2.05, 4.69) is 37.2 Å². The molecule has 2 rings (SSSR count). The molecular formula is C38H68N8O9. The van der Waals surface area contributed by atoms with E-state index in [1.165, 1.54) is 0 Å².